The smallest absolute Gasteiger partial charge is 0.203 e. The molecule has 6 heteroatoms. The first kappa shape index (κ1) is 13.4. The topological polar surface area (TPSA) is 39.2 Å². The maximum Gasteiger partial charge on any atom is 0.203 e. The summed E-state index contributed by atoms with van der Waals surface area (Å²) in [5.41, 5.74) is -0.352. The van der Waals surface area contributed by atoms with Crippen molar-refractivity contribution in [3.63, 3.8) is 0 Å². The molecule has 1 aromatic carbocycles. The highest BCUT2D eigenvalue weighted by atomic mass is 35.5. The highest BCUT2D eigenvalue weighted by Crippen LogP contribution is 2.16. The molecule has 0 saturated carbocycles. The van der Waals surface area contributed by atoms with Crippen LogP contribution in [0.1, 0.15) is 10.4 Å². The zero-order valence-electron chi connectivity index (χ0n) is 9.57. The summed E-state index contributed by atoms with van der Waals surface area (Å²) in [4.78, 5) is 15.5. The lowest BCUT2D eigenvalue weighted by Crippen LogP contribution is -2.13. The van der Waals surface area contributed by atoms with E-state index in [4.69, 9.17) is 16.3 Å². The van der Waals surface area contributed by atoms with Crippen LogP contribution in [0.3, 0.4) is 0 Å². The Hall–Kier alpha value is -2.01. The third-order valence-electron chi connectivity index (χ3n) is 2.28. The Kier molecular flexibility index (Phi) is 4.06. The van der Waals surface area contributed by atoms with Crippen molar-refractivity contribution < 1.29 is 18.3 Å². The van der Waals surface area contributed by atoms with Gasteiger partial charge in [-0.3, -0.25) is 9.78 Å². The Bertz CT molecular complexity index is 619. The number of ketones is 1. The van der Waals surface area contributed by atoms with Gasteiger partial charge in [0.05, 0.1) is 16.8 Å². The first-order chi connectivity index (χ1) is 9.06. The number of Topliss-reactive ketones (excluding diaryl/α,β-unsaturated/α-hetero) is 1. The first-order valence-corrected chi connectivity index (χ1v) is 5.65. The molecule has 0 fully saturated rings. The van der Waals surface area contributed by atoms with Crippen molar-refractivity contribution in [2.75, 3.05) is 6.61 Å². The fourth-order valence-electron chi connectivity index (χ4n) is 1.41. The average Bonchev–Trinajstić information content (AvgIpc) is 2.39. The molecule has 0 bridgehead atoms. The molecule has 0 atom stereocenters. The summed E-state index contributed by atoms with van der Waals surface area (Å²) in [6.07, 6.45) is 2.77. The molecule has 98 valence electrons. The van der Waals surface area contributed by atoms with Crippen LogP contribution in [0.2, 0.25) is 5.02 Å². The van der Waals surface area contributed by atoms with Gasteiger partial charge in [-0.15, -0.1) is 0 Å². The van der Waals surface area contributed by atoms with Gasteiger partial charge in [0.1, 0.15) is 17.4 Å². The average molecular weight is 284 g/mol. The first-order valence-electron chi connectivity index (χ1n) is 5.28. The van der Waals surface area contributed by atoms with Crippen molar-refractivity contribution in [3.8, 4) is 5.75 Å². The Labute approximate surface area is 112 Å². The van der Waals surface area contributed by atoms with Crippen molar-refractivity contribution >= 4 is 17.4 Å². The molecule has 2 rings (SSSR count). The molecule has 0 N–H and O–H groups in total. The number of hydrogen-bond donors (Lipinski definition) is 0. The summed E-state index contributed by atoms with van der Waals surface area (Å²) < 4.78 is 31.4. The number of rotatable bonds is 4. The van der Waals surface area contributed by atoms with Crippen LogP contribution in [0.4, 0.5) is 8.78 Å². The molecule has 1 heterocycles. The molecule has 0 amide bonds. The lowest BCUT2D eigenvalue weighted by molar-refractivity contribution is 0.0916. The van der Waals surface area contributed by atoms with Crippen LogP contribution in [0, 0.1) is 11.6 Å². The minimum atomic E-state index is -0.792. The van der Waals surface area contributed by atoms with Crippen molar-refractivity contribution in [3.05, 3.63) is 58.9 Å². The molecule has 0 spiro atoms. The predicted molar refractivity (Wildman–Crippen MR) is 65.4 cm³/mol. The third kappa shape index (κ3) is 3.48. The SMILES string of the molecule is O=C(COc1cncc(Cl)c1)c1cc(F)ccc1F. The second kappa shape index (κ2) is 5.75. The minimum Gasteiger partial charge on any atom is -0.484 e. The number of ether oxygens (including phenoxy) is 1. The van der Waals surface area contributed by atoms with Crippen LogP contribution < -0.4 is 4.74 Å². The van der Waals surface area contributed by atoms with Crippen LogP contribution in [0.15, 0.2) is 36.7 Å². The molecule has 0 aliphatic heterocycles. The predicted octanol–water partition coefficient (Wildman–Crippen LogP) is 3.27. The van der Waals surface area contributed by atoms with E-state index in [9.17, 15) is 13.6 Å². The molecule has 3 nitrogen and oxygen atoms in total. The van der Waals surface area contributed by atoms with Gasteiger partial charge in [0.2, 0.25) is 5.78 Å². The summed E-state index contributed by atoms with van der Waals surface area (Å²) in [6.45, 7) is -0.428. The number of aromatic nitrogens is 1. The molecule has 0 unspecified atom stereocenters. The van der Waals surface area contributed by atoms with Crippen molar-refractivity contribution in [1.29, 1.82) is 0 Å². The van der Waals surface area contributed by atoms with Gasteiger partial charge in [0.15, 0.2) is 6.61 Å². The second-order valence-electron chi connectivity index (χ2n) is 3.67. The largest absolute Gasteiger partial charge is 0.484 e. The van der Waals surface area contributed by atoms with E-state index in [0.29, 0.717) is 5.02 Å². The van der Waals surface area contributed by atoms with Gasteiger partial charge >= 0.3 is 0 Å². The summed E-state index contributed by atoms with van der Waals surface area (Å²) in [6, 6.07) is 4.12. The fourth-order valence-corrected chi connectivity index (χ4v) is 1.57. The zero-order valence-corrected chi connectivity index (χ0v) is 10.3. The van der Waals surface area contributed by atoms with Crippen LogP contribution in [0.5, 0.6) is 5.75 Å². The van der Waals surface area contributed by atoms with E-state index in [2.05, 4.69) is 4.98 Å². The van der Waals surface area contributed by atoms with Gasteiger partial charge in [-0.05, 0) is 18.2 Å². The summed E-state index contributed by atoms with van der Waals surface area (Å²) in [5, 5.41) is 0.349. The lowest BCUT2D eigenvalue weighted by Gasteiger charge is -2.06. The number of hydrogen-bond acceptors (Lipinski definition) is 3. The summed E-state index contributed by atoms with van der Waals surface area (Å²) >= 11 is 5.69. The number of pyridine rings is 1. The molecule has 0 radical (unpaired) electrons. The van der Waals surface area contributed by atoms with E-state index in [1.807, 2.05) is 0 Å². The molecule has 0 aliphatic rings. The van der Waals surface area contributed by atoms with Gasteiger partial charge < -0.3 is 4.74 Å². The van der Waals surface area contributed by atoms with Gasteiger partial charge in [-0.1, -0.05) is 11.6 Å². The van der Waals surface area contributed by atoms with Crippen LogP contribution in [-0.2, 0) is 0 Å². The monoisotopic (exact) mass is 283 g/mol. The Morgan fingerprint density at radius 1 is 1.26 bits per heavy atom. The van der Waals surface area contributed by atoms with E-state index in [1.165, 1.54) is 18.5 Å². The lowest BCUT2D eigenvalue weighted by atomic mass is 10.1. The molecule has 1 aromatic heterocycles. The third-order valence-corrected chi connectivity index (χ3v) is 2.49. The van der Waals surface area contributed by atoms with Gasteiger partial charge in [-0.25, -0.2) is 8.78 Å². The van der Waals surface area contributed by atoms with E-state index in [1.54, 1.807) is 0 Å². The molecule has 19 heavy (non-hydrogen) atoms. The second-order valence-corrected chi connectivity index (χ2v) is 4.11. The Balaban J connectivity index is 2.07. The van der Waals surface area contributed by atoms with Crippen LogP contribution >= 0.6 is 11.6 Å². The maximum atomic E-state index is 13.3. The van der Waals surface area contributed by atoms with Crippen LogP contribution in [-0.4, -0.2) is 17.4 Å². The van der Waals surface area contributed by atoms with E-state index < -0.39 is 24.0 Å². The normalized spacial score (nSPS) is 10.3. The van der Waals surface area contributed by atoms with E-state index >= 15 is 0 Å². The van der Waals surface area contributed by atoms with Crippen molar-refractivity contribution in [2.24, 2.45) is 0 Å². The number of nitrogens with zero attached hydrogens (tertiary/aromatic N) is 1. The molecular weight excluding hydrogens is 276 g/mol. The summed E-state index contributed by atoms with van der Waals surface area (Å²) in [5.74, 6) is -1.87. The van der Waals surface area contributed by atoms with E-state index in [-0.39, 0.29) is 11.3 Å². The number of carbonyl (C=O) groups excluding carboxylic acids is 1. The number of carbonyl (C=O) groups is 1. The zero-order chi connectivity index (χ0) is 13.8. The molecular formula is C13H8ClF2NO2. The van der Waals surface area contributed by atoms with Crippen LogP contribution in [0.25, 0.3) is 0 Å². The summed E-state index contributed by atoms with van der Waals surface area (Å²) in [7, 11) is 0. The Morgan fingerprint density at radius 2 is 2.05 bits per heavy atom. The molecule has 2 aromatic rings. The fraction of sp³-hybridized carbons (Fsp3) is 0.0769. The van der Waals surface area contributed by atoms with E-state index in [0.717, 1.165) is 18.2 Å². The quantitative estimate of drug-likeness (QED) is 0.809. The minimum absolute atomic E-state index is 0.276. The van der Waals surface area contributed by atoms with Gasteiger partial charge in [-0.2, -0.15) is 0 Å². The van der Waals surface area contributed by atoms with Crippen molar-refractivity contribution in [2.45, 2.75) is 0 Å². The molecule has 0 aliphatic carbocycles. The maximum absolute atomic E-state index is 13.3. The Morgan fingerprint density at radius 3 is 2.79 bits per heavy atom. The van der Waals surface area contributed by atoms with Crippen molar-refractivity contribution in [1.82, 2.24) is 4.98 Å². The van der Waals surface area contributed by atoms with Gasteiger partial charge in [0, 0.05) is 12.3 Å². The number of benzene rings is 1. The highest BCUT2D eigenvalue weighted by molar-refractivity contribution is 6.30. The van der Waals surface area contributed by atoms with Gasteiger partial charge in [0.25, 0.3) is 0 Å². The standard InChI is InChI=1S/C13H8ClF2NO2/c14-8-3-10(6-17-5-8)19-7-13(18)11-4-9(15)1-2-12(11)16/h1-6H,7H2. The highest BCUT2D eigenvalue weighted by Gasteiger charge is 2.13. The molecule has 0 saturated heterocycles. The number of halogens is 3.